The van der Waals surface area contributed by atoms with Gasteiger partial charge in [0.15, 0.2) is 0 Å². The van der Waals surface area contributed by atoms with Crippen LogP contribution in [-0.2, 0) is 20.9 Å². The average molecular weight is 515 g/mol. The number of rotatable bonds is 7. The summed E-state index contributed by atoms with van der Waals surface area (Å²) in [5.41, 5.74) is 1.82. The van der Waals surface area contributed by atoms with Gasteiger partial charge < -0.3 is 9.47 Å². The monoisotopic (exact) mass is 514 g/mol. The van der Waals surface area contributed by atoms with Gasteiger partial charge in [-0.2, -0.15) is 5.26 Å². The average Bonchev–Trinajstić information content (AvgIpc) is 3.05. The Balaban J connectivity index is 1.86. The molecule has 1 aliphatic heterocycles. The fourth-order valence-electron chi connectivity index (χ4n) is 3.00. The molecule has 32 heavy (non-hydrogen) atoms. The van der Waals surface area contributed by atoms with E-state index in [-0.39, 0.29) is 18.1 Å². The molecule has 0 aromatic heterocycles. The molecule has 0 bridgehead atoms. The molecular formula is C23H19BrN2O5S. The van der Waals surface area contributed by atoms with Gasteiger partial charge in [-0.1, -0.05) is 34.1 Å². The molecule has 1 fully saturated rings. The zero-order valence-corrected chi connectivity index (χ0v) is 19.7. The number of carbonyl (C=O) groups is 3. The van der Waals surface area contributed by atoms with E-state index in [0.29, 0.717) is 16.9 Å². The SMILES string of the molecule is CCOC(=O)[C@H](C)N1C(=O)S/C(=C/c2cc(Br)ccc2OCc2ccccc2C#N)C1=O. The summed E-state index contributed by atoms with van der Waals surface area (Å²) in [6.45, 7) is 3.43. The summed E-state index contributed by atoms with van der Waals surface area (Å²) in [5.74, 6) is -0.730. The summed E-state index contributed by atoms with van der Waals surface area (Å²) in [6.07, 6.45) is 1.55. The van der Waals surface area contributed by atoms with Crippen molar-refractivity contribution in [3.05, 3.63) is 68.5 Å². The molecule has 2 aromatic carbocycles. The molecule has 9 heteroatoms. The number of hydrogen-bond donors (Lipinski definition) is 0. The lowest BCUT2D eigenvalue weighted by Crippen LogP contribution is -2.42. The van der Waals surface area contributed by atoms with Gasteiger partial charge in [0.2, 0.25) is 0 Å². The van der Waals surface area contributed by atoms with Gasteiger partial charge in [0.25, 0.3) is 11.1 Å². The van der Waals surface area contributed by atoms with Crippen molar-refractivity contribution in [2.24, 2.45) is 0 Å². The number of nitriles is 1. The number of thioether (sulfide) groups is 1. The summed E-state index contributed by atoms with van der Waals surface area (Å²) in [5, 5.41) is 8.72. The van der Waals surface area contributed by atoms with E-state index in [1.54, 1.807) is 49.4 Å². The third kappa shape index (κ3) is 5.21. The maximum absolute atomic E-state index is 12.8. The third-order valence-corrected chi connectivity index (χ3v) is 5.99. The second-order valence-corrected chi connectivity index (χ2v) is 8.63. The Morgan fingerprint density at radius 3 is 2.75 bits per heavy atom. The van der Waals surface area contributed by atoms with Crippen LogP contribution in [0.3, 0.4) is 0 Å². The van der Waals surface area contributed by atoms with E-state index >= 15 is 0 Å². The molecule has 1 aliphatic rings. The molecule has 1 atom stereocenters. The molecule has 1 heterocycles. The van der Waals surface area contributed by atoms with E-state index in [9.17, 15) is 19.6 Å². The number of benzene rings is 2. The number of amides is 2. The van der Waals surface area contributed by atoms with Crippen molar-refractivity contribution in [1.29, 1.82) is 5.26 Å². The quantitative estimate of drug-likeness (QED) is 0.383. The molecule has 2 amide bonds. The van der Waals surface area contributed by atoms with Gasteiger partial charge in [-0.25, -0.2) is 4.79 Å². The first-order valence-electron chi connectivity index (χ1n) is 9.69. The lowest BCUT2D eigenvalue weighted by Gasteiger charge is -2.19. The van der Waals surface area contributed by atoms with E-state index < -0.39 is 23.2 Å². The summed E-state index contributed by atoms with van der Waals surface area (Å²) < 4.78 is 11.6. The molecule has 7 nitrogen and oxygen atoms in total. The smallest absolute Gasteiger partial charge is 0.329 e. The van der Waals surface area contributed by atoms with Crippen molar-refractivity contribution in [2.75, 3.05) is 6.61 Å². The van der Waals surface area contributed by atoms with Crippen molar-refractivity contribution in [3.63, 3.8) is 0 Å². The Labute approximate surface area is 198 Å². The Bertz CT molecular complexity index is 1140. The van der Waals surface area contributed by atoms with E-state index in [2.05, 4.69) is 22.0 Å². The minimum atomic E-state index is -1.02. The summed E-state index contributed by atoms with van der Waals surface area (Å²) in [7, 11) is 0. The lowest BCUT2D eigenvalue weighted by molar-refractivity contribution is -0.150. The Morgan fingerprint density at radius 1 is 1.28 bits per heavy atom. The second-order valence-electron chi connectivity index (χ2n) is 6.72. The van der Waals surface area contributed by atoms with Crippen LogP contribution in [0, 0.1) is 11.3 Å². The molecular weight excluding hydrogens is 496 g/mol. The van der Waals surface area contributed by atoms with Crippen LogP contribution in [0.25, 0.3) is 6.08 Å². The molecule has 0 radical (unpaired) electrons. The van der Waals surface area contributed by atoms with Gasteiger partial charge in [0, 0.05) is 15.6 Å². The second kappa shape index (κ2) is 10.5. The van der Waals surface area contributed by atoms with E-state index in [1.807, 2.05) is 6.07 Å². The van der Waals surface area contributed by atoms with Crippen LogP contribution in [0.1, 0.15) is 30.5 Å². The van der Waals surface area contributed by atoms with Crippen LogP contribution >= 0.6 is 27.7 Å². The molecule has 164 valence electrons. The number of imide groups is 1. The normalized spacial score (nSPS) is 15.6. The fourth-order valence-corrected chi connectivity index (χ4v) is 4.28. The third-order valence-electron chi connectivity index (χ3n) is 4.62. The highest BCUT2D eigenvalue weighted by molar-refractivity contribution is 9.10. The first kappa shape index (κ1) is 23.6. The number of nitrogens with zero attached hydrogens (tertiary/aromatic N) is 2. The summed E-state index contributed by atoms with van der Waals surface area (Å²) in [4.78, 5) is 38.3. The highest BCUT2D eigenvalue weighted by Crippen LogP contribution is 2.36. The number of ether oxygens (including phenoxy) is 2. The van der Waals surface area contributed by atoms with Gasteiger partial charge in [-0.05, 0) is 56.0 Å². The van der Waals surface area contributed by atoms with Crippen molar-refractivity contribution in [1.82, 2.24) is 4.90 Å². The Morgan fingerprint density at radius 2 is 2.03 bits per heavy atom. The van der Waals surface area contributed by atoms with Gasteiger partial charge in [-0.15, -0.1) is 0 Å². The zero-order chi connectivity index (χ0) is 23.3. The van der Waals surface area contributed by atoms with Crippen LogP contribution in [0.5, 0.6) is 5.75 Å². The van der Waals surface area contributed by atoms with Gasteiger partial charge in [0.1, 0.15) is 18.4 Å². The highest BCUT2D eigenvalue weighted by Gasteiger charge is 2.41. The maximum Gasteiger partial charge on any atom is 0.329 e. The van der Waals surface area contributed by atoms with Crippen molar-refractivity contribution in [2.45, 2.75) is 26.5 Å². The predicted molar refractivity (Wildman–Crippen MR) is 124 cm³/mol. The Hall–Kier alpha value is -3.09. The molecule has 0 saturated carbocycles. The molecule has 0 aliphatic carbocycles. The summed E-state index contributed by atoms with van der Waals surface area (Å²) in [6, 6.07) is 13.5. The first-order chi connectivity index (χ1) is 15.3. The lowest BCUT2D eigenvalue weighted by atomic mass is 10.1. The van der Waals surface area contributed by atoms with E-state index in [4.69, 9.17) is 9.47 Å². The van der Waals surface area contributed by atoms with Crippen molar-refractivity contribution < 1.29 is 23.9 Å². The van der Waals surface area contributed by atoms with Crippen LogP contribution in [-0.4, -0.2) is 34.7 Å². The molecule has 0 spiro atoms. The molecule has 3 rings (SSSR count). The number of hydrogen-bond acceptors (Lipinski definition) is 7. The number of esters is 1. The standard InChI is InChI=1S/C23H19BrN2O5S/c1-3-30-22(28)14(2)26-21(27)20(32-23(26)29)11-17-10-18(24)8-9-19(17)31-13-16-7-5-4-6-15(16)12-25/h4-11,14H,3,13H2,1-2H3/b20-11+/t14-/m0/s1. The topological polar surface area (TPSA) is 96.7 Å². The van der Waals surface area contributed by atoms with E-state index in [1.165, 1.54) is 6.92 Å². The van der Waals surface area contributed by atoms with Crippen LogP contribution in [0.2, 0.25) is 0 Å². The van der Waals surface area contributed by atoms with Crippen molar-refractivity contribution in [3.8, 4) is 11.8 Å². The number of carbonyl (C=O) groups excluding carboxylic acids is 3. The summed E-state index contributed by atoms with van der Waals surface area (Å²) >= 11 is 4.16. The van der Waals surface area contributed by atoms with Gasteiger partial charge in [0.05, 0.1) is 23.1 Å². The van der Waals surface area contributed by atoms with Gasteiger partial charge >= 0.3 is 5.97 Å². The maximum atomic E-state index is 12.8. The minimum Gasteiger partial charge on any atom is -0.488 e. The van der Waals surface area contributed by atoms with Gasteiger partial charge in [-0.3, -0.25) is 14.5 Å². The highest BCUT2D eigenvalue weighted by atomic mass is 79.9. The van der Waals surface area contributed by atoms with Crippen LogP contribution < -0.4 is 4.74 Å². The largest absolute Gasteiger partial charge is 0.488 e. The molecule has 0 N–H and O–H groups in total. The fraction of sp³-hybridized carbons (Fsp3) is 0.217. The van der Waals surface area contributed by atoms with Crippen LogP contribution in [0.4, 0.5) is 4.79 Å². The number of halogens is 1. The zero-order valence-electron chi connectivity index (χ0n) is 17.3. The predicted octanol–water partition coefficient (Wildman–Crippen LogP) is 4.89. The Kier molecular flexibility index (Phi) is 7.72. The van der Waals surface area contributed by atoms with E-state index in [0.717, 1.165) is 26.7 Å². The molecule has 1 saturated heterocycles. The minimum absolute atomic E-state index is 0.156. The van der Waals surface area contributed by atoms with Crippen molar-refractivity contribution >= 4 is 50.9 Å². The first-order valence-corrected chi connectivity index (χ1v) is 11.3. The molecule has 0 unspecified atom stereocenters. The van der Waals surface area contributed by atoms with Crippen LogP contribution in [0.15, 0.2) is 51.8 Å². The molecule has 2 aromatic rings.